The number of amides is 1. The summed E-state index contributed by atoms with van der Waals surface area (Å²) in [6, 6.07) is 18.1. The SMILES string of the molecule is CN(Cc1cccnc1)C(=O)Cc1cccc2ccccc12. The molecular formula is C19H18N2O. The van der Waals surface area contributed by atoms with Gasteiger partial charge >= 0.3 is 0 Å². The highest BCUT2D eigenvalue weighted by Gasteiger charge is 2.12. The third-order valence-electron chi connectivity index (χ3n) is 3.79. The summed E-state index contributed by atoms with van der Waals surface area (Å²) < 4.78 is 0. The fourth-order valence-corrected chi connectivity index (χ4v) is 2.60. The number of likely N-dealkylation sites (N-methyl/N-ethyl adjacent to an activating group) is 1. The minimum atomic E-state index is 0.111. The standard InChI is InChI=1S/C19H18N2O/c1-21(14-15-6-5-11-20-13-15)19(22)12-17-9-4-8-16-7-2-3-10-18(16)17/h2-11,13H,12,14H2,1H3. The van der Waals surface area contributed by atoms with E-state index in [2.05, 4.69) is 23.2 Å². The first-order chi connectivity index (χ1) is 10.7. The zero-order valence-electron chi connectivity index (χ0n) is 12.6. The molecule has 0 fully saturated rings. The van der Waals surface area contributed by atoms with E-state index in [-0.39, 0.29) is 5.91 Å². The van der Waals surface area contributed by atoms with Gasteiger partial charge < -0.3 is 4.90 Å². The molecule has 3 heteroatoms. The molecule has 3 aromatic rings. The van der Waals surface area contributed by atoms with E-state index in [0.717, 1.165) is 16.5 Å². The Bertz CT molecular complexity index is 778. The summed E-state index contributed by atoms with van der Waals surface area (Å²) in [5.41, 5.74) is 2.11. The second kappa shape index (κ2) is 6.39. The maximum atomic E-state index is 12.5. The molecule has 0 saturated heterocycles. The molecule has 110 valence electrons. The van der Waals surface area contributed by atoms with E-state index in [1.807, 2.05) is 43.4 Å². The maximum absolute atomic E-state index is 12.5. The van der Waals surface area contributed by atoms with Crippen LogP contribution in [0.5, 0.6) is 0 Å². The lowest BCUT2D eigenvalue weighted by atomic mass is 10.0. The van der Waals surface area contributed by atoms with Gasteiger partial charge in [-0.25, -0.2) is 0 Å². The normalized spacial score (nSPS) is 10.6. The largest absolute Gasteiger partial charge is 0.341 e. The van der Waals surface area contributed by atoms with Gasteiger partial charge in [0.2, 0.25) is 5.91 Å². The summed E-state index contributed by atoms with van der Waals surface area (Å²) >= 11 is 0. The van der Waals surface area contributed by atoms with E-state index in [1.54, 1.807) is 17.3 Å². The Morgan fingerprint density at radius 3 is 2.68 bits per heavy atom. The Balaban J connectivity index is 1.75. The van der Waals surface area contributed by atoms with Crippen molar-refractivity contribution >= 4 is 16.7 Å². The van der Waals surface area contributed by atoms with Crippen LogP contribution in [0.15, 0.2) is 67.0 Å². The molecule has 0 radical (unpaired) electrons. The molecule has 1 heterocycles. The molecule has 0 atom stereocenters. The molecule has 0 N–H and O–H groups in total. The molecule has 3 rings (SSSR count). The number of hydrogen-bond acceptors (Lipinski definition) is 2. The first-order valence-corrected chi connectivity index (χ1v) is 7.33. The molecule has 3 nitrogen and oxygen atoms in total. The summed E-state index contributed by atoms with van der Waals surface area (Å²) in [6.45, 7) is 0.581. The number of rotatable bonds is 4. The molecule has 1 aromatic heterocycles. The summed E-state index contributed by atoms with van der Waals surface area (Å²) in [5.74, 6) is 0.111. The van der Waals surface area contributed by atoms with Gasteiger partial charge in [-0.05, 0) is 28.0 Å². The van der Waals surface area contributed by atoms with E-state index < -0.39 is 0 Å². The topological polar surface area (TPSA) is 33.2 Å². The molecule has 0 aliphatic carbocycles. The Hall–Kier alpha value is -2.68. The van der Waals surface area contributed by atoms with Crippen LogP contribution in [-0.2, 0) is 17.8 Å². The van der Waals surface area contributed by atoms with Crippen LogP contribution in [0.3, 0.4) is 0 Å². The maximum Gasteiger partial charge on any atom is 0.227 e. The number of benzene rings is 2. The van der Waals surface area contributed by atoms with Crippen LogP contribution in [0.1, 0.15) is 11.1 Å². The number of carbonyl (C=O) groups is 1. The van der Waals surface area contributed by atoms with Crippen LogP contribution in [0.2, 0.25) is 0 Å². The first-order valence-electron chi connectivity index (χ1n) is 7.33. The number of aromatic nitrogens is 1. The van der Waals surface area contributed by atoms with Gasteiger partial charge in [-0.1, -0.05) is 48.5 Å². The fourth-order valence-electron chi connectivity index (χ4n) is 2.60. The van der Waals surface area contributed by atoms with Gasteiger partial charge in [-0.15, -0.1) is 0 Å². The average molecular weight is 290 g/mol. The number of fused-ring (bicyclic) bond motifs is 1. The lowest BCUT2D eigenvalue weighted by Crippen LogP contribution is -2.27. The van der Waals surface area contributed by atoms with Gasteiger partial charge in [0, 0.05) is 26.0 Å². The number of hydrogen-bond donors (Lipinski definition) is 0. The number of pyridine rings is 1. The molecular weight excluding hydrogens is 272 g/mol. The molecule has 0 aliphatic rings. The molecule has 0 spiro atoms. The second-order valence-corrected chi connectivity index (χ2v) is 5.43. The van der Waals surface area contributed by atoms with Crippen molar-refractivity contribution in [3.8, 4) is 0 Å². The van der Waals surface area contributed by atoms with E-state index in [0.29, 0.717) is 13.0 Å². The predicted molar refractivity (Wildman–Crippen MR) is 88.4 cm³/mol. The van der Waals surface area contributed by atoms with E-state index >= 15 is 0 Å². The van der Waals surface area contributed by atoms with Gasteiger partial charge in [-0.3, -0.25) is 9.78 Å². The zero-order valence-corrected chi connectivity index (χ0v) is 12.6. The Morgan fingerprint density at radius 2 is 1.86 bits per heavy atom. The van der Waals surface area contributed by atoms with Gasteiger partial charge in [0.15, 0.2) is 0 Å². The zero-order chi connectivity index (χ0) is 15.4. The smallest absolute Gasteiger partial charge is 0.227 e. The minimum absolute atomic E-state index is 0.111. The summed E-state index contributed by atoms with van der Waals surface area (Å²) in [7, 11) is 1.83. The van der Waals surface area contributed by atoms with Crippen molar-refractivity contribution in [3.63, 3.8) is 0 Å². The molecule has 0 aliphatic heterocycles. The van der Waals surface area contributed by atoms with Crippen LogP contribution in [-0.4, -0.2) is 22.8 Å². The van der Waals surface area contributed by atoms with Gasteiger partial charge in [0.25, 0.3) is 0 Å². The van der Waals surface area contributed by atoms with Crippen LogP contribution in [0, 0.1) is 0 Å². The van der Waals surface area contributed by atoms with Crippen molar-refractivity contribution in [3.05, 3.63) is 78.1 Å². The lowest BCUT2D eigenvalue weighted by Gasteiger charge is -2.17. The Kier molecular flexibility index (Phi) is 4.15. The Morgan fingerprint density at radius 1 is 1.05 bits per heavy atom. The number of carbonyl (C=O) groups excluding carboxylic acids is 1. The molecule has 1 amide bonds. The minimum Gasteiger partial charge on any atom is -0.341 e. The van der Waals surface area contributed by atoms with Gasteiger partial charge in [-0.2, -0.15) is 0 Å². The summed E-state index contributed by atoms with van der Waals surface area (Å²) in [5, 5.41) is 2.32. The van der Waals surface area contributed by atoms with E-state index in [4.69, 9.17) is 0 Å². The summed E-state index contributed by atoms with van der Waals surface area (Å²) in [4.78, 5) is 18.3. The van der Waals surface area contributed by atoms with Crippen molar-refractivity contribution in [1.29, 1.82) is 0 Å². The van der Waals surface area contributed by atoms with E-state index in [9.17, 15) is 4.79 Å². The highest BCUT2D eigenvalue weighted by atomic mass is 16.2. The van der Waals surface area contributed by atoms with Crippen molar-refractivity contribution < 1.29 is 4.79 Å². The highest BCUT2D eigenvalue weighted by molar-refractivity contribution is 5.90. The third-order valence-corrected chi connectivity index (χ3v) is 3.79. The van der Waals surface area contributed by atoms with Crippen molar-refractivity contribution in [2.45, 2.75) is 13.0 Å². The van der Waals surface area contributed by atoms with Crippen LogP contribution < -0.4 is 0 Å². The van der Waals surface area contributed by atoms with Crippen LogP contribution in [0.25, 0.3) is 10.8 Å². The third kappa shape index (κ3) is 3.14. The Labute approximate surface area is 130 Å². The molecule has 0 bridgehead atoms. The second-order valence-electron chi connectivity index (χ2n) is 5.43. The monoisotopic (exact) mass is 290 g/mol. The predicted octanol–water partition coefficient (Wildman–Crippen LogP) is 3.44. The molecule has 0 unspecified atom stereocenters. The van der Waals surface area contributed by atoms with Crippen molar-refractivity contribution in [2.24, 2.45) is 0 Å². The lowest BCUT2D eigenvalue weighted by molar-refractivity contribution is -0.129. The van der Waals surface area contributed by atoms with E-state index in [1.165, 1.54) is 5.39 Å². The average Bonchev–Trinajstić information content (AvgIpc) is 2.56. The summed E-state index contributed by atoms with van der Waals surface area (Å²) in [6.07, 6.45) is 3.95. The van der Waals surface area contributed by atoms with Crippen molar-refractivity contribution in [2.75, 3.05) is 7.05 Å². The van der Waals surface area contributed by atoms with Crippen LogP contribution in [0.4, 0.5) is 0 Å². The van der Waals surface area contributed by atoms with Crippen molar-refractivity contribution in [1.82, 2.24) is 9.88 Å². The molecule has 22 heavy (non-hydrogen) atoms. The molecule has 2 aromatic carbocycles. The first kappa shape index (κ1) is 14.3. The van der Waals surface area contributed by atoms with Crippen LogP contribution >= 0.6 is 0 Å². The molecule has 0 saturated carbocycles. The highest BCUT2D eigenvalue weighted by Crippen LogP contribution is 2.19. The van der Waals surface area contributed by atoms with Gasteiger partial charge in [0.05, 0.1) is 6.42 Å². The van der Waals surface area contributed by atoms with Gasteiger partial charge in [0.1, 0.15) is 0 Å². The quantitative estimate of drug-likeness (QED) is 0.737. The fraction of sp³-hybridized carbons (Fsp3) is 0.158. The number of nitrogens with zero attached hydrogens (tertiary/aromatic N) is 2.